The van der Waals surface area contributed by atoms with Gasteiger partial charge in [0.25, 0.3) is 0 Å². The summed E-state index contributed by atoms with van der Waals surface area (Å²) >= 11 is 6.03. The zero-order valence-electron chi connectivity index (χ0n) is 15.6. The summed E-state index contributed by atoms with van der Waals surface area (Å²) in [4.78, 5) is 28.3. The van der Waals surface area contributed by atoms with E-state index >= 15 is 0 Å². The number of aromatic nitrogens is 4. The molecule has 1 saturated carbocycles. The zero-order chi connectivity index (χ0) is 21.3. The lowest BCUT2D eigenvalue weighted by Gasteiger charge is -2.19. The van der Waals surface area contributed by atoms with Crippen LogP contribution >= 0.6 is 11.6 Å². The molecule has 1 amide bonds. The number of H-pyrrole nitrogens is 1. The van der Waals surface area contributed by atoms with E-state index in [0.717, 1.165) is 18.2 Å². The molecule has 158 valence electrons. The van der Waals surface area contributed by atoms with Gasteiger partial charge in [0.1, 0.15) is 24.1 Å². The average Bonchev–Trinajstić information content (AvgIpc) is 3.42. The Hall–Kier alpha value is -2.88. The second kappa shape index (κ2) is 8.10. The highest BCUT2D eigenvalue weighted by molar-refractivity contribution is 6.31. The molecule has 0 aromatic carbocycles. The summed E-state index contributed by atoms with van der Waals surface area (Å²) in [5.41, 5.74) is 1.29. The van der Waals surface area contributed by atoms with E-state index in [0.29, 0.717) is 40.2 Å². The Balaban J connectivity index is 1.55. The van der Waals surface area contributed by atoms with Crippen molar-refractivity contribution in [2.45, 2.75) is 31.5 Å². The van der Waals surface area contributed by atoms with Crippen LogP contribution in [0.3, 0.4) is 0 Å². The molecule has 0 unspecified atom stereocenters. The first kappa shape index (κ1) is 20.4. The molecule has 3 heterocycles. The van der Waals surface area contributed by atoms with Crippen LogP contribution < -0.4 is 10.6 Å². The van der Waals surface area contributed by atoms with Crippen molar-refractivity contribution in [1.82, 2.24) is 25.3 Å². The maximum atomic E-state index is 12.5. The minimum absolute atomic E-state index is 0.322. The van der Waals surface area contributed by atoms with Crippen molar-refractivity contribution in [1.29, 1.82) is 0 Å². The second-order valence-electron chi connectivity index (χ2n) is 7.23. The number of carbonyl (C=O) groups excluding carboxylic acids is 1. The predicted molar refractivity (Wildman–Crippen MR) is 106 cm³/mol. The summed E-state index contributed by atoms with van der Waals surface area (Å²) < 4.78 is 37.4. The standard InChI is InChI=1S/C19H18ClF3N6O/c20-11-6-12-13(8-26-16(12)25-7-11)17-24-4-3-15(29-17)28-14(5-10-1-2-10)18(30)27-9-19(21,22)23/h3-4,6-8,10,14H,1-2,5,9H2,(H,25,26)(H,27,30)(H,24,28,29)/t14-/m1/s1. The molecule has 1 atom stereocenters. The van der Waals surface area contributed by atoms with Gasteiger partial charge in [-0.15, -0.1) is 0 Å². The molecule has 1 aliphatic carbocycles. The van der Waals surface area contributed by atoms with Crippen molar-refractivity contribution < 1.29 is 18.0 Å². The topological polar surface area (TPSA) is 95.6 Å². The lowest BCUT2D eigenvalue weighted by molar-refractivity contribution is -0.138. The first-order valence-electron chi connectivity index (χ1n) is 9.35. The zero-order valence-corrected chi connectivity index (χ0v) is 16.4. The number of nitrogens with one attached hydrogen (secondary N) is 3. The molecular formula is C19H18ClF3N6O. The third-order valence-corrected chi connectivity index (χ3v) is 4.97. The molecule has 7 nitrogen and oxygen atoms in total. The van der Waals surface area contributed by atoms with Crippen molar-refractivity contribution in [3.05, 3.63) is 35.7 Å². The molecule has 3 N–H and O–H groups in total. The molecule has 11 heteroatoms. The van der Waals surface area contributed by atoms with Crippen LogP contribution in [0.5, 0.6) is 0 Å². The molecule has 0 radical (unpaired) electrons. The van der Waals surface area contributed by atoms with Crippen LogP contribution in [0.25, 0.3) is 22.4 Å². The predicted octanol–water partition coefficient (Wildman–Crippen LogP) is 3.93. The number of anilines is 1. The molecule has 3 aromatic heterocycles. The number of halogens is 4. The summed E-state index contributed by atoms with van der Waals surface area (Å²) in [5, 5.41) is 6.11. The Morgan fingerprint density at radius 1 is 1.33 bits per heavy atom. The number of aromatic amines is 1. The number of pyridine rings is 1. The van der Waals surface area contributed by atoms with Crippen molar-refractivity contribution in [3.8, 4) is 11.4 Å². The molecule has 0 bridgehead atoms. The number of carbonyl (C=O) groups is 1. The van der Waals surface area contributed by atoms with Gasteiger partial charge in [0.2, 0.25) is 5.91 Å². The van der Waals surface area contributed by atoms with Gasteiger partial charge in [-0.3, -0.25) is 4.79 Å². The maximum Gasteiger partial charge on any atom is 0.405 e. The van der Waals surface area contributed by atoms with E-state index in [-0.39, 0.29) is 0 Å². The molecular weight excluding hydrogens is 421 g/mol. The molecule has 30 heavy (non-hydrogen) atoms. The van der Waals surface area contributed by atoms with Crippen LogP contribution in [-0.2, 0) is 4.79 Å². The fourth-order valence-electron chi connectivity index (χ4n) is 3.14. The van der Waals surface area contributed by atoms with Crippen LogP contribution in [-0.4, -0.2) is 44.6 Å². The Labute approximate surface area is 174 Å². The van der Waals surface area contributed by atoms with Gasteiger partial charge in [-0.2, -0.15) is 13.2 Å². The molecule has 3 aromatic rings. The van der Waals surface area contributed by atoms with E-state index < -0.39 is 24.7 Å². The third kappa shape index (κ3) is 4.99. The molecule has 1 aliphatic rings. The average molecular weight is 439 g/mol. The normalized spacial score (nSPS) is 15.2. The van der Waals surface area contributed by atoms with Gasteiger partial charge in [0.15, 0.2) is 5.82 Å². The quantitative estimate of drug-likeness (QED) is 0.519. The fraction of sp³-hybridized carbons (Fsp3) is 0.368. The van der Waals surface area contributed by atoms with Crippen molar-refractivity contribution >= 4 is 34.4 Å². The number of fused-ring (bicyclic) bond motifs is 1. The third-order valence-electron chi connectivity index (χ3n) is 4.76. The first-order valence-corrected chi connectivity index (χ1v) is 9.73. The lowest BCUT2D eigenvalue weighted by Crippen LogP contribution is -2.43. The molecule has 0 spiro atoms. The van der Waals surface area contributed by atoms with Crippen LogP contribution in [0.15, 0.2) is 30.7 Å². The van der Waals surface area contributed by atoms with Crippen molar-refractivity contribution in [2.24, 2.45) is 5.92 Å². The maximum absolute atomic E-state index is 12.5. The SMILES string of the molecule is O=C(NCC(F)(F)F)[C@@H](CC1CC1)Nc1ccnc(-c2c[nH]c3ncc(Cl)cc23)n1. The summed E-state index contributed by atoms with van der Waals surface area (Å²) in [6.07, 6.45) is 2.63. The molecule has 1 fully saturated rings. The fourth-order valence-corrected chi connectivity index (χ4v) is 3.30. The monoisotopic (exact) mass is 438 g/mol. The van der Waals surface area contributed by atoms with Gasteiger partial charge < -0.3 is 15.6 Å². The van der Waals surface area contributed by atoms with Crippen molar-refractivity contribution in [3.63, 3.8) is 0 Å². The van der Waals surface area contributed by atoms with Gasteiger partial charge in [-0.1, -0.05) is 24.4 Å². The number of hydrogen-bond donors (Lipinski definition) is 3. The summed E-state index contributed by atoms with van der Waals surface area (Å²) in [5.74, 6) is 0.332. The van der Waals surface area contributed by atoms with E-state index in [1.807, 2.05) is 5.32 Å². The second-order valence-corrected chi connectivity index (χ2v) is 7.66. The number of nitrogens with zero attached hydrogens (tertiary/aromatic N) is 3. The summed E-state index contributed by atoms with van der Waals surface area (Å²) in [6, 6.07) is 2.49. The molecule has 4 rings (SSSR count). The Morgan fingerprint density at radius 2 is 2.13 bits per heavy atom. The Morgan fingerprint density at radius 3 is 2.87 bits per heavy atom. The lowest BCUT2D eigenvalue weighted by atomic mass is 10.1. The van der Waals surface area contributed by atoms with E-state index in [9.17, 15) is 18.0 Å². The largest absolute Gasteiger partial charge is 0.405 e. The van der Waals surface area contributed by atoms with E-state index in [2.05, 4.69) is 25.3 Å². The van der Waals surface area contributed by atoms with Gasteiger partial charge in [-0.25, -0.2) is 15.0 Å². The highest BCUT2D eigenvalue weighted by Crippen LogP contribution is 2.34. The highest BCUT2D eigenvalue weighted by Gasteiger charge is 2.33. The minimum atomic E-state index is -4.47. The highest BCUT2D eigenvalue weighted by atomic mass is 35.5. The first-order chi connectivity index (χ1) is 14.3. The minimum Gasteiger partial charge on any atom is -0.358 e. The number of amides is 1. The summed E-state index contributed by atoms with van der Waals surface area (Å²) in [7, 11) is 0. The Bertz CT molecular complexity index is 1070. The summed E-state index contributed by atoms with van der Waals surface area (Å²) in [6.45, 7) is -1.37. The van der Waals surface area contributed by atoms with E-state index in [1.165, 1.54) is 12.4 Å². The van der Waals surface area contributed by atoms with Crippen LogP contribution in [0.2, 0.25) is 5.02 Å². The van der Waals surface area contributed by atoms with Crippen LogP contribution in [0.1, 0.15) is 19.3 Å². The van der Waals surface area contributed by atoms with Crippen LogP contribution in [0.4, 0.5) is 19.0 Å². The van der Waals surface area contributed by atoms with E-state index in [1.54, 1.807) is 18.3 Å². The van der Waals surface area contributed by atoms with E-state index in [4.69, 9.17) is 11.6 Å². The van der Waals surface area contributed by atoms with Gasteiger partial charge in [0.05, 0.1) is 5.02 Å². The molecule has 0 saturated heterocycles. The van der Waals surface area contributed by atoms with Gasteiger partial charge >= 0.3 is 6.18 Å². The number of rotatable bonds is 7. The molecule has 0 aliphatic heterocycles. The number of hydrogen-bond acceptors (Lipinski definition) is 5. The van der Waals surface area contributed by atoms with Crippen molar-refractivity contribution in [2.75, 3.05) is 11.9 Å². The van der Waals surface area contributed by atoms with Gasteiger partial charge in [0, 0.05) is 29.5 Å². The smallest absolute Gasteiger partial charge is 0.358 e. The Kier molecular flexibility index (Phi) is 5.50. The van der Waals surface area contributed by atoms with Gasteiger partial charge in [-0.05, 0) is 24.5 Å². The number of alkyl halides is 3. The van der Waals surface area contributed by atoms with Crippen LogP contribution in [0, 0.1) is 5.92 Å².